The number of hydrogen-bond acceptors (Lipinski definition) is 2. The van der Waals surface area contributed by atoms with Crippen molar-refractivity contribution in [2.24, 2.45) is 0 Å². The molecule has 0 atom stereocenters. The highest BCUT2D eigenvalue weighted by molar-refractivity contribution is 5.48. The number of nitrogen functional groups attached to an aromatic ring is 1. The molecular weight excluding hydrogens is 227 g/mol. The van der Waals surface area contributed by atoms with E-state index in [-0.39, 0.29) is 5.82 Å². The highest BCUT2D eigenvalue weighted by Gasteiger charge is 2.06. The van der Waals surface area contributed by atoms with Gasteiger partial charge in [-0.25, -0.2) is 4.39 Å². The minimum absolute atomic E-state index is 0.283. The molecule has 0 aliphatic heterocycles. The Labute approximate surface area is 107 Å². The zero-order valence-electron chi connectivity index (χ0n) is 10.4. The monoisotopic (exact) mass is 244 g/mol. The molecule has 2 rings (SSSR count). The molecule has 0 amide bonds. The minimum atomic E-state index is -0.283. The molecule has 94 valence electrons. The highest BCUT2D eigenvalue weighted by Crippen LogP contribution is 2.18. The first-order chi connectivity index (χ1) is 8.69. The van der Waals surface area contributed by atoms with E-state index in [1.165, 1.54) is 12.1 Å². The molecule has 0 aromatic heterocycles. The van der Waals surface area contributed by atoms with Gasteiger partial charge in [0.25, 0.3) is 0 Å². The third-order valence-electron chi connectivity index (χ3n) is 2.86. The second-order valence-electron chi connectivity index (χ2n) is 4.24. The van der Waals surface area contributed by atoms with Crippen LogP contribution in [0.3, 0.4) is 0 Å². The smallest absolute Gasteiger partial charge is 0.125 e. The van der Waals surface area contributed by atoms with E-state index < -0.39 is 0 Å². The average Bonchev–Trinajstić information content (AvgIpc) is 2.36. The maximum absolute atomic E-state index is 13.3. The van der Waals surface area contributed by atoms with Crippen molar-refractivity contribution >= 4 is 11.4 Å². The summed E-state index contributed by atoms with van der Waals surface area (Å²) in [6.07, 6.45) is 0. The molecule has 3 heteroatoms. The van der Waals surface area contributed by atoms with E-state index in [9.17, 15) is 4.39 Å². The molecule has 0 unspecified atom stereocenters. The van der Waals surface area contributed by atoms with Gasteiger partial charge in [0.2, 0.25) is 0 Å². The van der Waals surface area contributed by atoms with E-state index in [0.29, 0.717) is 12.2 Å². The summed E-state index contributed by atoms with van der Waals surface area (Å²) in [5.41, 5.74) is 8.14. The minimum Gasteiger partial charge on any atom is -0.399 e. The molecule has 2 aromatic carbocycles. The molecule has 0 bridgehead atoms. The van der Waals surface area contributed by atoms with Crippen molar-refractivity contribution in [1.29, 1.82) is 0 Å². The van der Waals surface area contributed by atoms with Crippen LogP contribution in [-0.2, 0) is 6.54 Å². The van der Waals surface area contributed by atoms with Gasteiger partial charge < -0.3 is 10.6 Å². The van der Waals surface area contributed by atoms with Crippen LogP contribution in [0, 0.1) is 5.82 Å². The second-order valence-corrected chi connectivity index (χ2v) is 4.24. The lowest BCUT2D eigenvalue weighted by Gasteiger charge is -2.23. The van der Waals surface area contributed by atoms with Crippen molar-refractivity contribution < 1.29 is 4.39 Å². The Kier molecular flexibility index (Phi) is 3.82. The van der Waals surface area contributed by atoms with Crippen LogP contribution in [0.15, 0.2) is 48.5 Å². The Morgan fingerprint density at radius 2 is 1.83 bits per heavy atom. The maximum Gasteiger partial charge on any atom is 0.125 e. The fraction of sp³-hybridized carbons (Fsp3) is 0.200. The van der Waals surface area contributed by atoms with E-state index in [2.05, 4.69) is 11.8 Å². The molecule has 18 heavy (non-hydrogen) atoms. The van der Waals surface area contributed by atoms with Gasteiger partial charge in [-0.05, 0) is 42.8 Å². The summed E-state index contributed by atoms with van der Waals surface area (Å²) in [5.74, 6) is -0.283. The number of hydrogen-bond donors (Lipinski definition) is 1. The van der Waals surface area contributed by atoms with Crippen LogP contribution in [0.2, 0.25) is 0 Å². The van der Waals surface area contributed by atoms with E-state index >= 15 is 0 Å². The van der Waals surface area contributed by atoms with Gasteiger partial charge in [0, 0.05) is 24.5 Å². The largest absolute Gasteiger partial charge is 0.399 e. The van der Waals surface area contributed by atoms with Crippen molar-refractivity contribution in [3.05, 3.63) is 59.9 Å². The van der Waals surface area contributed by atoms with Crippen molar-refractivity contribution in [3.8, 4) is 0 Å². The lowest BCUT2D eigenvalue weighted by Crippen LogP contribution is -2.22. The van der Waals surface area contributed by atoms with Gasteiger partial charge in [-0.15, -0.1) is 0 Å². The first kappa shape index (κ1) is 12.4. The molecule has 2 aromatic rings. The van der Waals surface area contributed by atoms with Crippen LogP contribution in [0.5, 0.6) is 0 Å². The van der Waals surface area contributed by atoms with E-state index in [0.717, 1.165) is 17.8 Å². The number of anilines is 2. The molecule has 0 heterocycles. The van der Waals surface area contributed by atoms with Crippen molar-refractivity contribution in [2.45, 2.75) is 13.5 Å². The fourth-order valence-electron chi connectivity index (χ4n) is 2.01. The van der Waals surface area contributed by atoms with E-state index in [1.54, 1.807) is 0 Å². The van der Waals surface area contributed by atoms with Gasteiger partial charge in [0.15, 0.2) is 0 Å². The number of nitrogens with zero attached hydrogens (tertiary/aromatic N) is 1. The van der Waals surface area contributed by atoms with E-state index in [1.807, 2.05) is 36.4 Å². The molecule has 0 aliphatic carbocycles. The van der Waals surface area contributed by atoms with Gasteiger partial charge >= 0.3 is 0 Å². The first-order valence-electron chi connectivity index (χ1n) is 6.04. The Hall–Kier alpha value is -2.03. The Bertz CT molecular complexity index is 491. The maximum atomic E-state index is 13.3. The molecule has 2 N–H and O–H groups in total. The van der Waals surface area contributed by atoms with Crippen LogP contribution in [0.4, 0.5) is 15.8 Å². The SMILES string of the molecule is CCN(Cc1cc(N)cc(F)c1)c1ccccc1. The highest BCUT2D eigenvalue weighted by atomic mass is 19.1. The predicted molar refractivity (Wildman–Crippen MR) is 74.0 cm³/mol. The van der Waals surface area contributed by atoms with Gasteiger partial charge in [-0.1, -0.05) is 18.2 Å². The van der Waals surface area contributed by atoms with Gasteiger partial charge in [0.05, 0.1) is 0 Å². The first-order valence-corrected chi connectivity index (χ1v) is 6.04. The van der Waals surface area contributed by atoms with Crippen LogP contribution in [-0.4, -0.2) is 6.54 Å². The summed E-state index contributed by atoms with van der Waals surface area (Å²) in [4.78, 5) is 2.17. The molecule has 0 spiro atoms. The summed E-state index contributed by atoms with van der Waals surface area (Å²) in [7, 11) is 0. The van der Waals surface area contributed by atoms with Gasteiger partial charge in [-0.2, -0.15) is 0 Å². The zero-order chi connectivity index (χ0) is 13.0. The van der Waals surface area contributed by atoms with Crippen molar-refractivity contribution in [2.75, 3.05) is 17.2 Å². The third kappa shape index (κ3) is 3.00. The van der Waals surface area contributed by atoms with Gasteiger partial charge in [0.1, 0.15) is 5.82 Å². The van der Waals surface area contributed by atoms with Crippen LogP contribution >= 0.6 is 0 Å². The second kappa shape index (κ2) is 5.54. The third-order valence-corrected chi connectivity index (χ3v) is 2.86. The molecule has 0 aliphatic rings. The standard InChI is InChI=1S/C15H17FN2/c1-2-18(15-6-4-3-5-7-15)11-12-8-13(16)10-14(17)9-12/h3-10H,2,11,17H2,1H3. The number of nitrogens with two attached hydrogens (primary N) is 1. The Morgan fingerprint density at radius 1 is 1.11 bits per heavy atom. The number of halogens is 1. The zero-order valence-corrected chi connectivity index (χ0v) is 10.4. The molecular formula is C15H17FN2. The van der Waals surface area contributed by atoms with Gasteiger partial charge in [-0.3, -0.25) is 0 Å². The fourth-order valence-corrected chi connectivity index (χ4v) is 2.01. The van der Waals surface area contributed by atoms with E-state index in [4.69, 9.17) is 5.73 Å². The predicted octanol–water partition coefficient (Wildman–Crippen LogP) is 3.43. The summed E-state index contributed by atoms with van der Waals surface area (Å²) >= 11 is 0. The Balaban J connectivity index is 2.20. The number of rotatable bonds is 4. The van der Waals surface area contributed by atoms with Crippen molar-refractivity contribution in [1.82, 2.24) is 0 Å². The molecule has 0 fully saturated rings. The average molecular weight is 244 g/mol. The number of para-hydroxylation sites is 1. The van der Waals surface area contributed by atoms with Crippen LogP contribution < -0.4 is 10.6 Å². The summed E-state index contributed by atoms with van der Waals surface area (Å²) < 4.78 is 13.3. The lowest BCUT2D eigenvalue weighted by molar-refractivity contribution is 0.625. The molecule has 2 nitrogen and oxygen atoms in total. The topological polar surface area (TPSA) is 29.3 Å². The van der Waals surface area contributed by atoms with Crippen molar-refractivity contribution in [3.63, 3.8) is 0 Å². The Morgan fingerprint density at radius 3 is 2.44 bits per heavy atom. The summed E-state index contributed by atoms with van der Waals surface area (Å²) in [6.45, 7) is 3.60. The quantitative estimate of drug-likeness (QED) is 0.835. The normalized spacial score (nSPS) is 10.3. The van der Waals surface area contributed by atoms with Crippen LogP contribution in [0.1, 0.15) is 12.5 Å². The lowest BCUT2D eigenvalue weighted by atomic mass is 10.1. The van der Waals surface area contributed by atoms with Crippen LogP contribution in [0.25, 0.3) is 0 Å². The molecule has 0 radical (unpaired) electrons. The molecule has 0 saturated carbocycles. The summed E-state index contributed by atoms with van der Waals surface area (Å²) in [5, 5.41) is 0. The molecule has 0 saturated heterocycles. The number of benzene rings is 2. The summed E-state index contributed by atoms with van der Waals surface area (Å²) in [6, 6.07) is 14.8.